The monoisotopic (exact) mass is 257 g/mol. The minimum absolute atomic E-state index is 0.256. The smallest absolute Gasteiger partial charge is 0.326 e. The third-order valence-corrected chi connectivity index (χ3v) is 3.54. The SMILES string of the molecule is CCCCOCCOC(=O)C1(N)CCCC(C)C1. The molecule has 1 saturated carbocycles. The summed E-state index contributed by atoms with van der Waals surface area (Å²) in [6.07, 6.45) is 5.82. The molecule has 4 heteroatoms. The van der Waals surface area contributed by atoms with Gasteiger partial charge in [0.25, 0.3) is 0 Å². The van der Waals surface area contributed by atoms with E-state index in [9.17, 15) is 4.79 Å². The lowest BCUT2D eigenvalue weighted by Gasteiger charge is -2.34. The Balaban J connectivity index is 2.19. The van der Waals surface area contributed by atoms with E-state index in [1.165, 1.54) is 0 Å². The number of carbonyl (C=O) groups is 1. The first-order valence-corrected chi connectivity index (χ1v) is 7.12. The van der Waals surface area contributed by atoms with Crippen LogP contribution < -0.4 is 5.73 Å². The quantitative estimate of drug-likeness (QED) is 0.561. The van der Waals surface area contributed by atoms with Crippen molar-refractivity contribution < 1.29 is 14.3 Å². The molecule has 4 nitrogen and oxygen atoms in total. The van der Waals surface area contributed by atoms with Gasteiger partial charge in [0.05, 0.1) is 6.61 Å². The highest BCUT2D eigenvalue weighted by atomic mass is 16.6. The maximum atomic E-state index is 12.0. The zero-order valence-corrected chi connectivity index (χ0v) is 11.7. The third kappa shape index (κ3) is 4.94. The molecule has 18 heavy (non-hydrogen) atoms. The maximum Gasteiger partial charge on any atom is 0.326 e. The fourth-order valence-corrected chi connectivity index (χ4v) is 2.46. The van der Waals surface area contributed by atoms with Crippen molar-refractivity contribution in [3.63, 3.8) is 0 Å². The number of unbranched alkanes of at least 4 members (excludes halogenated alkanes) is 1. The van der Waals surface area contributed by atoms with Gasteiger partial charge >= 0.3 is 5.97 Å². The van der Waals surface area contributed by atoms with Crippen LogP contribution in [0.4, 0.5) is 0 Å². The Hall–Kier alpha value is -0.610. The molecule has 0 heterocycles. The zero-order chi connectivity index (χ0) is 13.4. The van der Waals surface area contributed by atoms with Crippen molar-refractivity contribution in [2.45, 2.75) is 57.9 Å². The molecule has 0 amide bonds. The fourth-order valence-electron chi connectivity index (χ4n) is 2.46. The number of nitrogens with two attached hydrogens (primary N) is 1. The zero-order valence-electron chi connectivity index (χ0n) is 11.7. The molecule has 2 unspecified atom stereocenters. The number of carbonyl (C=O) groups excluding carboxylic acids is 1. The van der Waals surface area contributed by atoms with Crippen molar-refractivity contribution in [2.24, 2.45) is 11.7 Å². The number of ether oxygens (including phenoxy) is 2. The molecule has 0 spiro atoms. The van der Waals surface area contributed by atoms with Gasteiger partial charge in [-0.1, -0.05) is 33.1 Å². The summed E-state index contributed by atoms with van der Waals surface area (Å²) in [5.41, 5.74) is 5.38. The van der Waals surface area contributed by atoms with Gasteiger partial charge < -0.3 is 15.2 Å². The molecule has 0 bridgehead atoms. The van der Waals surface area contributed by atoms with Crippen LogP contribution in [0.25, 0.3) is 0 Å². The van der Waals surface area contributed by atoms with Crippen LogP contribution in [0.5, 0.6) is 0 Å². The van der Waals surface area contributed by atoms with Crippen molar-refractivity contribution in [1.29, 1.82) is 0 Å². The molecule has 1 rings (SSSR count). The van der Waals surface area contributed by atoms with Gasteiger partial charge in [0, 0.05) is 6.61 Å². The van der Waals surface area contributed by atoms with Crippen LogP contribution in [-0.4, -0.2) is 31.3 Å². The summed E-state index contributed by atoms with van der Waals surface area (Å²) in [5, 5.41) is 0. The Morgan fingerprint density at radius 1 is 1.39 bits per heavy atom. The van der Waals surface area contributed by atoms with Gasteiger partial charge in [-0.25, -0.2) is 0 Å². The second kappa shape index (κ2) is 7.74. The van der Waals surface area contributed by atoms with Gasteiger partial charge in [0.1, 0.15) is 12.1 Å². The molecule has 1 fully saturated rings. The third-order valence-electron chi connectivity index (χ3n) is 3.54. The van der Waals surface area contributed by atoms with Crippen molar-refractivity contribution in [3.8, 4) is 0 Å². The molecule has 0 aromatic carbocycles. The number of hydrogen-bond acceptors (Lipinski definition) is 4. The van der Waals surface area contributed by atoms with Crippen LogP contribution in [-0.2, 0) is 14.3 Å². The van der Waals surface area contributed by atoms with Crippen molar-refractivity contribution in [1.82, 2.24) is 0 Å². The Kier molecular flexibility index (Phi) is 6.65. The van der Waals surface area contributed by atoms with Crippen LogP contribution in [0.3, 0.4) is 0 Å². The Morgan fingerprint density at radius 2 is 2.17 bits per heavy atom. The molecule has 2 atom stereocenters. The summed E-state index contributed by atoms with van der Waals surface area (Å²) in [6, 6.07) is 0. The Bertz CT molecular complexity index is 257. The molecular formula is C14H27NO3. The molecule has 106 valence electrons. The maximum absolute atomic E-state index is 12.0. The van der Waals surface area contributed by atoms with Crippen LogP contribution in [0.15, 0.2) is 0 Å². The first kappa shape index (κ1) is 15.4. The number of esters is 1. The standard InChI is InChI=1S/C14H27NO3/c1-3-4-8-17-9-10-18-13(16)14(15)7-5-6-12(2)11-14/h12H,3-11,15H2,1-2H3. The molecule has 0 radical (unpaired) electrons. The molecule has 0 saturated heterocycles. The summed E-state index contributed by atoms with van der Waals surface area (Å²) in [7, 11) is 0. The van der Waals surface area contributed by atoms with Crippen LogP contribution in [0.1, 0.15) is 52.4 Å². The van der Waals surface area contributed by atoms with Crippen molar-refractivity contribution in [2.75, 3.05) is 19.8 Å². The van der Waals surface area contributed by atoms with E-state index in [2.05, 4.69) is 13.8 Å². The fraction of sp³-hybridized carbons (Fsp3) is 0.929. The van der Waals surface area contributed by atoms with Gasteiger partial charge in [0.15, 0.2) is 0 Å². The molecule has 0 aliphatic heterocycles. The first-order valence-electron chi connectivity index (χ1n) is 7.12. The lowest BCUT2D eigenvalue weighted by atomic mass is 9.77. The Morgan fingerprint density at radius 3 is 2.83 bits per heavy atom. The average molecular weight is 257 g/mol. The van der Waals surface area contributed by atoms with E-state index in [0.29, 0.717) is 19.1 Å². The van der Waals surface area contributed by atoms with E-state index in [0.717, 1.165) is 45.1 Å². The second-order valence-corrected chi connectivity index (χ2v) is 5.46. The van der Waals surface area contributed by atoms with Gasteiger partial charge in [-0.2, -0.15) is 0 Å². The van der Waals surface area contributed by atoms with Gasteiger partial charge in [-0.3, -0.25) is 4.79 Å². The van der Waals surface area contributed by atoms with Crippen molar-refractivity contribution >= 4 is 5.97 Å². The largest absolute Gasteiger partial charge is 0.462 e. The molecular weight excluding hydrogens is 230 g/mol. The summed E-state index contributed by atoms with van der Waals surface area (Å²) in [4.78, 5) is 12.0. The molecule has 1 aliphatic rings. The Labute approximate surface area is 110 Å². The second-order valence-electron chi connectivity index (χ2n) is 5.46. The lowest BCUT2D eigenvalue weighted by Crippen LogP contribution is -2.52. The highest BCUT2D eigenvalue weighted by Gasteiger charge is 2.39. The van der Waals surface area contributed by atoms with Crippen molar-refractivity contribution in [3.05, 3.63) is 0 Å². The number of rotatable bonds is 7. The van der Waals surface area contributed by atoms with Crippen LogP contribution in [0.2, 0.25) is 0 Å². The van der Waals surface area contributed by atoms with E-state index in [-0.39, 0.29) is 5.97 Å². The topological polar surface area (TPSA) is 61.5 Å². The van der Waals surface area contributed by atoms with Gasteiger partial charge in [-0.15, -0.1) is 0 Å². The van der Waals surface area contributed by atoms with Crippen LogP contribution in [0, 0.1) is 5.92 Å². The summed E-state index contributed by atoms with van der Waals surface area (Å²) in [6.45, 7) is 5.78. The molecule has 1 aliphatic carbocycles. The van der Waals surface area contributed by atoms with E-state index in [4.69, 9.17) is 15.2 Å². The normalized spacial score (nSPS) is 28.1. The van der Waals surface area contributed by atoms with E-state index < -0.39 is 5.54 Å². The minimum Gasteiger partial charge on any atom is -0.462 e. The minimum atomic E-state index is -0.763. The first-order chi connectivity index (χ1) is 8.58. The summed E-state index contributed by atoms with van der Waals surface area (Å²) >= 11 is 0. The van der Waals surface area contributed by atoms with E-state index >= 15 is 0 Å². The van der Waals surface area contributed by atoms with Gasteiger partial charge in [0.2, 0.25) is 0 Å². The summed E-state index contributed by atoms with van der Waals surface area (Å²) in [5.74, 6) is 0.255. The number of hydrogen-bond donors (Lipinski definition) is 1. The highest BCUT2D eigenvalue weighted by Crippen LogP contribution is 2.31. The average Bonchev–Trinajstić information content (AvgIpc) is 2.33. The van der Waals surface area contributed by atoms with Gasteiger partial charge in [-0.05, 0) is 25.2 Å². The van der Waals surface area contributed by atoms with E-state index in [1.54, 1.807) is 0 Å². The lowest BCUT2D eigenvalue weighted by molar-refractivity contribution is -0.153. The predicted octanol–water partition coefficient (Wildman–Crippen LogP) is 2.25. The van der Waals surface area contributed by atoms with E-state index in [1.807, 2.05) is 0 Å². The van der Waals surface area contributed by atoms with Crippen LogP contribution >= 0.6 is 0 Å². The molecule has 0 aromatic heterocycles. The predicted molar refractivity (Wildman–Crippen MR) is 71.2 cm³/mol. The highest BCUT2D eigenvalue weighted by molar-refractivity contribution is 5.80. The molecule has 0 aromatic rings. The molecule has 2 N–H and O–H groups in total. The summed E-state index contributed by atoms with van der Waals surface area (Å²) < 4.78 is 10.6.